The minimum absolute atomic E-state index is 0. The standard InChI is InChI=1S/C32H66O10S2.2Na/c1-3-5-7-9-11-13-15-17-21-31(41-23-19-27-43(33,34)35)29-39-25-26-40-30-32(42-24-20-28-44(36,37)38)22-18-16-14-12-10-8-6-4-2;;/h31-32H,3-30H2,1-2H3,(H,33,34,35)(H,36,37,38);;/q;2*+1/p-2. The molecule has 0 aromatic rings. The van der Waals surface area contributed by atoms with Gasteiger partial charge in [-0.05, 0) is 25.7 Å². The van der Waals surface area contributed by atoms with Crippen LogP contribution in [0.3, 0.4) is 0 Å². The van der Waals surface area contributed by atoms with Crippen LogP contribution in [-0.2, 0) is 39.2 Å². The molecule has 0 bridgehead atoms. The third kappa shape index (κ3) is 41.8. The zero-order valence-electron chi connectivity index (χ0n) is 29.9. The first-order valence-electron chi connectivity index (χ1n) is 17.3. The topological polar surface area (TPSA) is 151 Å². The van der Waals surface area contributed by atoms with Gasteiger partial charge in [0.2, 0.25) is 0 Å². The fourth-order valence-electron chi connectivity index (χ4n) is 4.96. The van der Waals surface area contributed by atoms with Crippen molar-refractivity contribution in [2.75, 3.05) is 51.1 Å². The molecular formula is C32H64Na2O10S2. The SMILES string of the molecule is CCCCCCCCCCC(COCCOCC(CCCCCCCCCC)OCCCS(=O)(=O)[O-])OCCCS(=O)(=O)[O-].[Na+].[Na+]. The molecule has 0 amide bonds. The Balaban J connectivity index is -0.00000924. The molecular weight excluding hydrogens is 654 g/mol. The van der Waals surface area contributed by atoms with Crippen LogP contribution >= 0.6 is 0 Å². The number of ether oxygens (including phenoxy) is 4. The van der Waals surface area contributed by atoms with E-state index in [2.05, 4.69) is 13.8 Å². The van der Waals surface area contributed by atoms with Crippen LogP contribution in [0.4, 0.5) is 0 Å². The molecule has 0 rings (SSSR count). The molecule has 0 radical (unpaired) electrons. The second-order valence-electron chi connectivity index (χ2n) is 11.9. The predicted molar refractivity (Wildman–Crippen MR) is 174 cm³/mol. The molecule has 10 nitrogen and oxygen atoms in total. The summed E-state index contributed by atoms with van der Waals surface area (Å²) in [5, 5.41) is 0. The Bertz CT molecular complexity index is 765. The van der Waals surface area contributed by atoms with Gasteiger partial charge in [-0.3, -0.25) is 0 Å². The van der Waals surface area contributed by atoms with Gasteiger partial charge in [-0.2, -0.15) is 0 Å². The molecule has 0 fully saturated rings. The fraction of sp³-hybridized carbons (Fsp3) is 1.00. The molecule has 46 heavy (non-hydrogen) atoms. The number of hydrogen-bond acceptors (Lipinski definition) is 10. The molecule has 0 aromatic carbocycles. The van der Waals surface area contributed by atoms with Crippen molar-refractivity contribution in [3.05, 3.63) is 0 Å². The molecule has 0 heterocycles. The van der Waals surface area contributed by atoms with E-state index < -0.39 is 31.7 Å². The number of unbranched alkanes of at least 4 members (excludes halogenated alkanes) is 14. The molecule has 0 aromatic heterocycles. The van der Waals surface area contributed by atoms with Crippen LogP contribution in [0, 0.1) is 0 Å². The summed E-state index contributed by atoms with van der Waals surface area (Å²) in [6, 6.07) is 0. The summed E-state index contributed by atoms with van der Waals surface area (Å²) in [6.45, 7) is 6.29. The summed E-state index contributed by atoms with van der Waals surface area (Å²) in [7, 11) is -8.49. The predicted octanol–water partition coefficient (Wildman–Crippen LogP) is 0.730. The van der Waals surface area contributed by atoms with E-state index in [1.54, 1.807) is 0 Å². The van der Waals surface area contributed by atoms with Gasteiger partial charge in [0, 0.05) is 24.7 Å². The molecule has 2 atom stereocenters. The van der Waals surface area contributed by atoms with Gasteiger partial charge < -0.3 is 28.1 Å². The van der Waals surface area contributed by atoms with Crippen molar-refractivity contribution >= 4 is 20.2 Å². The summed E-state index contributed by atoms with van der Waals surface area (Å²) in [5.74, 6) is -0.859. The van der Waals surface area contributed by atoms with Gasteiger partial charge in [0.05, 0.1) is 58.9 Å². The molecule has 0 saturated carbocycles. The normalized spacial score (nSPS) is 13.2. The molecule has 0 aliphatic heterocycles. The Morgan fingerprint density at radius 3 is 1.07 bits per heavy atom. The van der Waals surface area contributed by atoms with Gasteiger partial charge in [-0.15, -0.1) is 0 Å². The zero-order valence-corrected chi connectivity index (χ0v) is 35.5. The maximum absolute atomic E-state index is 10.9. The number of hydrogen-bond donors (Lipinski definition) is 0. The van der Waals surface area contributed by atoms with Gasteiger partial charge in [0.1, 0.15) is 0 Å². The third-order valence-corrected chi connectivity index (χ3v) is 9.10. The second-order valence-corrected chi connectivity index (χ2v) is 14.9. The smallest absolute Gasteiger partial charge is 0.748 e. The summed E-state index contributed by atoms with van der Waals surface area (Å²) in [6.07, 6.45) is 20.9. The zero-order chi connectivity index (χ0) is 32.8. The Morgan fingerprint density at radius 2 is 0.761 bits per heavy atom. The van der Waals surface area contributed by atoms with E-state index in [-0.39, 0.29) is 97.4 Å². The Labute approximate surface area is 327 Å². The van der Waals surface area contributed by atoms with Gasteiger partial charge >= 0.3 is 59.1 Å². The molecule has 0 spiro atoms. The number of rotatable bonds is 35. The third-order valence-electron chi connectivity index (χ3n) is 7.52. The molecule has 2 unspecified atom stereocenters. The van der Waals surface area contributed by atoms with E-state index in [1.165, 1.54) is 77.0 Å². The van der Waals surface area contributed by atoms with Gasteiger partial charge in [0.15, 0.2) is 0 Å². The fourth-order valence-corrected chi connectivity index (χ4v) is 5.90. The first-order chi connectivity index (χ1) is 21.1. The van der Waals surface area contributed by atoms with E-state index in [1.807, 2.05) is 0 Å². The molecule has 0 aliphatic carbocycles. The molecule has 0 saturated heterocycles. The van der Waals surface area contributed by atoms with Gasteiger partial charge in [-0.25, -0.2) is 16.8 Å². The Kier molecular flexibility index (Phi) is 41.2. The first-order valence-corrected chi connectivity index (χ1v) is 20.5. The van der Waals surface area contributed by atoms with E-state index in [0.29, 0.717) is 26.4 Å². The summed E-state index contributed by atoms with van der Waals surface area (Å²) < 4.78 is 88.7. The molecule has 0 aliphatic rings. The first kappa shape index (κ1) is 52.0. The second kappa shape index (κ2) is 36.5. The average molecular weight is 719 g/mol. The van der Waals surface area contributed by atoms with Crippen molar-refractivity contribution in [2.45, 2.75) is 154 Å². The van der Waals surface area contributed by atoms with Crippen LogP contribution < -0.4 is 59.1 Å². The Morgan fingerprint density at radius 1 is 0.457 bits per heavy atom. The van der Waals surface area contributed by atoms with Crippen LogP contribution in [-0.4, -0.2) is 89.3 Å². The van der Waals surface area contributed by atoms with E-state index in [0.717, 1.165) is 38.5 Å². The summed E-state index contributed by atoms with van der Waals surface area (Å²) >= 11 is 0. The van der Waals surface area contributed by atoms with Crippen LogP contribution in [0.5, 0.6) is 0 Å². The van der Waals surface area contributed by atoms with Crippen LogP contribution in [0.1, 0.15) is 142 Å². The minimum Gasteiger partial charge on any atom is -0.748 e. The monoisotopic (exact) mass is 718 g/mol. The van der Waals surface area contributed by atoms with E-state index in [9.17, 15) is 25.9 Å². The van der Waals surface area contributed by atoms with Crippen molar-refractivity contribution < 1.29 is 104 Å². The van der Waals surface area contributed by atoms with Gasteiger partial charge in [0.25, 0.3) is 0 Å². The average Bonchev–Trinajstić information content (AvgIpc) is 2.95. The molecule has 0 N–H and O–H groups in total. The Hall–Kier alpha value is 1.66. The minimum atomic E-state index is -4.25. The molecule has 266 valence electrons. The van der Waals surface area contributed by atoms with Crippen molar-refractivity contribution in [2.24, 2.45) is 0 Å². The van der Waals surface area contributed by atoms with Crippen molar-refractivity contribution in [3.63, 3.8) is 0 Å². The summed E-state index contributed by atoms with van der Waals surface area (Å²) in [4.78, 5) is 0. The van der Waals surface area contributed by atoms with Crippen LogP contribution in [0.2, 0.25) is 0 Å². The van der Waals surface area contributed by atoms with Crippen LogP contribution in [0.15, 0.2) is 0 Å². The largest absolute Gasteiger partial charge is 1.00 e. The van der Waals surface area contributed by atoms with Crippen molar-refractivity contribution in [3.8, 4) is 0 Å². The van der Waals surface area contributed by atoms with Crippen LogP contribution in [0.25, 0.3) is 0 Å². The van der Waals surface area contributed by atoms with E-state index >= 15 is 0 Å². The van der Waals surface area contributed by atoms with Crippen molar-refractivity contribution in [1.82, 2.24) is 0 Å². The van der Waals surface area contributed by atoms with Gasteiger partial charge in [-0.1, -0.05) is 117 Å². The quantitative estimate of drug-likeness (QED) is 0.0521. The summed E-state index contributed by atoms with van der Waals surface area (Å²) in [5.41, 5.74) is 0. The maximum atomic E-state index is 10.9. The maximum Gasteiger partial charge on any atom is 1.00 e. The molecule has 14 heteroatoms. The van der Waals surface area contributed by atoms with E-state index in [4.69, 9.17) is 18.9 Å². The van der Waals surface area contributed by atoms with Crippen molar-refractivity contribution in [1.29, 1.82) is 0 Å².